The second-order valence-electron chi connectivity index (χ2n) is 8.77. The highest BCUT2D eigenvalue weighted by Gasteiger charge is 2.49. The SMILES string of the molecule is CC(=O)N[C@H]1[C@@H](OCc2ccccc2)O[C@H](CO[C@@H]2O[C@H](CO)[C@@H](O)[C@H](F)[C@H]2NC(C)=O)[C@H](O)[C@@H]1O. The summed E-state index contributed by atoms with van der Waals surface area (Å²) in [7, 11) is 0. The third kappa shape index (κ3) is 6.95. The minimum Gasteiger partial charge on any atom is -0.394 e. The molecule has 202 valence electrons. The highest BCUT2D eigenvalue weighted by Crippen LogP contribution is 2.27. The Bertz CT molecular complexity index is 865. The Morgan fingerprint density at radius 2 is 1.47 bits per heavy atom. The summed E-state index contributed by atoms with van der Waals surface area (Å²) in [6.45, 7) is 1.31. The normalized spacial score (nSPS) is 36.8. The molecular weight excluding hydrogens is 483 g/mol. The van der Waals surface area contributed by atoms with E-state index in [1.165, 1.54) is 6.92 Å². The molecule has 0 saturated carbocycles. The fourth-order valence-corrected chi connectivity index (χ4v) is 4.12. The number of aliphatic hydroxyl groups is 4. The van der Waals surface area contributed by atoms with Crippen LogP contribution < -0.4 is 10.6 Å². The van der Waals surface area contributed by atoms with Crippen molar-refractivity contribution in [3.8, 4) is 0 Å². The molecule has 2 amide bonds. The van der Waals surface area contributed by atoms with Gasteiger partial charge in [-0.3, -0.25) is 9.59 Å². The number of amides is 2. The lowest BCUT2D eigenvalue weighted by Crippen LogP contribution is -2.66. The van der Waals surface area contributed by atoms with E-state index in [2.05, 4.69) is 10.6 Å². The van der Waals surface area contributed by atoms with E-state index in [4.69, 9.17) is 18.9 Å². The van der Waals surface area contributed by atoms with Crippen LogP contribution in [0.3, 0.4) is 0 Å². The maximum Gasteiger partial charge on any atom is 0.217 e. The van der Waals surface area contributed by atoms with Crippen molar-refractivity contribution in [3.63, 3.8) is 0 Å². The Kier molecular flexibility index (Phi) is 10.1. The number of nitrogens with one attached hydrogen (secondary N) is 2. The molecule has 0 spiro atoms. The summed E-state index contributed by atoms with van der Waals surface area (Å²) in [5.41, 5.74) is 0.799. The number of carbonyl (C=O) groups is 2. The summed E-state index contributed by atoms with van der Waals surface area (Å²) in [5, 5.41) is 45.6. The molecule has 1 aromatic carbocycles. The van der Waals surface area contributed by atoms with Gasteiger partial charge in [0.1, 0.15) is 42.6 Å². The van der Waals surface area contributed by atoms with Crippen LogP contribution in [0.5, 0.6) is 0 Å². The predicted octanol–water partition coefficient (Wildman–Crippen LogP) is -1.91. The van der Waals surface area contributed by atoms with Crippen LogP contribution in [0.2, 0.25) is 0 Å². The highest BCUT2D eigenvalue weighted by atomic mass is 19.1. The van der Waals surface area contributed by atoms with Gasteiger partial charge in [0.2, 0.25) is 11.8 Å². The van der Waals surface area contributed by atoms with E-state index < -0.39 is 86.4 Å². The zero-order chi connectivity index (χ0) is 26.4. The Morgan fingerprint density at radius 1 is 0.889 bits per heavy atom. The van der Waals surface area contributed by atoms with Crippen LogP contribution in [0.15, 0.2) is 30.3 Å². The summed E-state index contributed by atoms with van der Waals surface area (Å²) in [6.07, 6.45) is -11.9. The second-order valence-corrected chi connectivity index (χ2v) is 8.77. The molecule has 13 heteroatoms. The lowest BCUT2D eigenvalue weighted by atomic mass is 9.96. The second kappa shape index (κ2) is 12.8. The molecule has 2 fully saturated rings. The highest BCUT2D eigenvalue weighted by molar-refractivity contribution is 5.73. The topological polar surface area (TPSA) is 176 Å². The molecular formula is C23H33FN2O10. The first-order valence-electron chi connectivity index (χ1n) is 11.5. The number of hydrogen-bond acceptors (Lipinski definition) is 10. The number of carbonyl (C=O) groups excluding carboxylic acids is 2. The van der Waals surface area contributed by atoms with Crippen LogP contribution in [0.25, 0.3) is 0 Å². The molecule has 36 heavy (non-hydrogen) atoms. The van der Waals surface area contributed by atoms with E-state index in [0.29, 0.717) is 0 Å². The summed E-state index contributed by atoms with van der Waals surface area (Å²) in [6, 6.07) is 6.56. The molecule has 2 aliphatic heterocycles. The lowest BCUT2D eigenvalue weighted by molar-refractivity contribution is -0.301. The van der Waals surface area contributed by atoms with Gasteiger partial charge in [0.15, 0.2) is 18.8 Å². The summed E-state index contributed by atoms with van der Waals surface area (Å²) < 4.78 is 37.4. The minimum absolute atomic E-state index is 0.0773. The summed E-state index contributed by atoms with van der Waals surface area (Å²) in [4.78, 5) is 23.2. The predicted molar refractivity (Wildman–Crippen MR) is 120 cm³/mol. The first-order valence-corrected chi connectivity index (χ1v) is 11.5. The fourth-order valence-electron chi connectivity index (χ4n) is 4.12. The quantitative estimate of drug-likeness (QED) is 0.217. The first-order chi connectivity index (χ1) is 17.1. The standard InChI is InChI=1S/C23H33FN2O10/c1-11(28)25-17-16(24)19(30)14(8-27)35-22(17)34-10-15-20(31)21(32)18(26-12(2)29)23(36-15)33-9-13-6-4-3-5-7-13/h3-7,14-23,27,30-32H,8-10H2,1-2H3,(H,25,28)(H,26,29)/t14-,15-,16-,17-,18-,19-,20+,21-,22-,23+/m1/s1. The molecule has 0 aliphatic carbocycles. The molecule has 0 unspecified atom stereocenters. The van der Waals surface area contributed by atoms with Crippen molar-refractivity contribution in [3.05, 3.63) is 35.9 Å². The molecule has 3 rings (SSSR count). The van der Waals surface area contributed by atoms with E-state index in [1.54, 1.807) is 0 Å². The Morgan fingerprint density at radius 3 is 2.08 bits per heavy atom. The van der Waals surface area contributed by atoms with Crippen molar-refractivity contribution in [2.75, 3.05) is 13.2 Å². The zero-order valence-corrected chi connectivity index (χ0v) is 19.9. The third-order valence-electron chi connectivity index (χ3n) is 5.95. The molecule has 2 aliphatic rings. The molecule has 0 aromatic heterocycles. The molecule has 0 bridgehead atoms. The van der Waals surface area contributed by atoms with Gasteiger partial charge in [0.25, 0.3) is 0 Å². The molecule has 10 atom stereocenters. The van der Waals surface area contributed by atoms with Crippen LogP contribution in [-0.2, 0) is 35.1 Å². The fraction of sp³-hybridized carbons (Fsp3) is 0.652. The van der Waals surface area contributed by atoms with Gasteiger partial charge in [-0.2, -0.15) is 0 Å². The first kappa shape index (κ1) is 28.3. The number of rotatable bonds is 9. The molecule has 0 radical (unpaired) electrons. The molecule has 2 heterocycles. The van der Waals surface area contributed by atoms with Gasteiger partial charge in [-0.1, -0.05) is 30.3 Å². The molecule has 1 aromatic rings. The van der Waals surface area contributed by atoms with Gasteiger partial charge < -0.3 is 50.0 Å². The smallest absolute Gasteiger partial charge is 0.217 e. The number of benzene rings is 1. The average Bonchev–Trinajstić information content (AvgIpc) is 2.85. The summed E-state index contributed by atoms with van der Waals surface area (Å²) in [5.74, 6) is -1.08. The van der Waals surface area contributed by atoms with E-state index in [-0.39, 0.29) is 6.61 Å². The van der Waals surface area contributed by atoms with Crippen LogP contribution in [0.1, 0.15) is 19.4 Å². The van der Waals surface area contributed by atoms with E-state index in [0.717, 1.165) is 12.5 Å². The van der Waals surface area contributed by atoms with Crippen molar-refractivity contribution >= 4 is 11.8 Å². The van der Waals surface area contributed by atoms with Crippen molar-refractivity contribution < 1.29 is 53.4 Å². The third-order valence-corrected chi connectivity index (χ3v) is 5.95. The van der Waals surface area contributed by atoms with Crippen LogP contribution in [-0.4, -0.2) is 107 Å². The number of aliphatic hydroxyl groups excluding tert-OH is 4. The maximum atomic E-state index is 14.8. The average molecular weight is 517 g/mol. The largest absolute Gasteiger partial charge is 0.394 e. The van der Waals surface area contributed by atoms with Crippen LogP contribution >= 0.6 is 0 Å². The molecule has 12 nitrogen and oxygen atoms in total. The Balaban J connectivity index is 1.71. The monoisotopic (exact) mass is 516 g/mol. The number of halogens is 1. The van der Waals surface area contributed by atoms with Crippen molar-refractivity contribution in [1.82, 2.24) is 10.6 Å². The molecule has 2 saturated heterocycles. The number of alkyl halides is 1. The number of ether oxygens (including phenoxy) is 4. The molecule has 6 N–H and O–H groups in total. The van der Waals surface area contributed by atoms with E-state index in [9.17, 15) is 34.4 Å². The number of hydrogen-bond donors (Lipinski definition) is 6. The van der Waals surface area contributed by atoms with Crippen molar-refractivity contribution in [2.24, 2.45) is 0 Å². The van der Waals surface area contributed by atoms with Gasteiger partial charge in [-0.25, -0.2) is 4.39 Å². The van der Waals surface area contributed by atoms with Gasteiger partial charge in [-0.15, -0.1) is 0 Å². The van der Waals surface area contributed by atoms with Gasteiger partial charge in [-0.05, 0) is 5.56 Å². The minimum atomic E-state index is -2.02. The van der Waals surface area contributed by atoms with E-state index in [1.807, 2.05) is 30.3 Å². The lowest BCUT2D eigenvalue weighted by Gasteiger charge is -2.44. The van der Waals surface area contributed by atoms with E-state index >= 15 is 0 Å². The van der Waals surface area contributed by atoms with Gasteiger partial charge >= 0.3 is 0 Å². The summed E-state index contributed by atoms with van der Waals surface area (Å²) >= 11 is 0. The Labute approximate surface area is 207 Å². The van der Waals surface area contributed by atoms with Crippen LogP contribution in [0.4, 0.5) is 4.39 Å². The van der Waals surface area contributed by atoms with Crippen molar-refractivity contribution in [1.29, 1.82) is 0 Å². The van der Waals surface area contributed by atoms with Crippen LogP contribution in [0, 0.1) is 0 Å². The zero-order valence-electron chi connectivity index (χ0n) is 19.9. The van der Waals surface area contributed by atoms with Crippen molar-refractivity contribution in [2.45, 2.75) is 81.8 Å². The Hall–Kier alpha value is -2.23. The maximum absolute atomic E-state index is 14.8. The van der Waals surface area contributed by atoms with Gasteiger partial charge in [0.05, 0.1) is 19.8 Å². The van der Waals surface area contributed by atoms with Gasteiger partial charge in [0, 0.05) is 13.8 Å².